The summed E-state index contributed by atoms with van der Waals surface area (Å²) in [6, 6.07) is 1.93. The van der Waals surface area contributed by atoms with Gasteiger partial charge >= 0.3 is 5.97 Å². The summed E-state index contributed by atoms with van der Waals surface area (Å²) < 4.78 is 6.34. The second-order valence-corrected chi connectivity index (χ2v) is 4.67. The lowest BCUT2D eigenvalue weighted by Crippen LogP contribution is -2.05. The third kappa shape index (κ3) is 2.86. The first kappa shape index (κ1) is 12.6. The number of thiazole rings is 1. The highest BCUT2D eigenvalue weighted by Gasteiger charge is 2.09. The zero-order valence-corrected chi connectivity index (χ0v) is 11.2. The highest BCUT2D eigenvalue weighted by molar-refractivity contribution is 7.13. The second kappa shape index (κ2) is 5.18. The van der Waals surface area contributed by atoms with Crippen LogP contribution < -0.4 is 5.32 Å². The number of hydrogen-bond acceptors (Lipinski definition) is 6. The van der Waals surface area contributed by atoms with Gasteiger partial charge in [0.05, 0.1) is 24.9 Å². The van der Waals surface area contributed by atoms with Crippen molar-refractivity contribution in [1.29, 1.82) is 0 Å². The van der Waals surface area contributed by atoms with Gasteiger partial charge < -0.3 is 10.1 Å². The van der Waals surface area contributed by atoms with Crippen molar-refractivity contribution in [3.63, 3.8) is 0 Å². The largest absolute Gasteiger partial charge is 0.469 e. The molecule has 7 heteroatoms. The molecule has 0 aliphatic heterocycles. The molecule has 0 atom stereocenters. The topological polar surface area (TPSA) is 69.0 Å². The number of carbonyl (C=O) groups is 1. The van der Waals surface area contributed by atoms with Gasteiger partial charge in [0.2, 0.25) is 0 Å². The molecule has 0 amide bonds. The highest BCUT2D eigenvalue weighted by atomic mass is 32.1. The summed E-state index contributed by atoms with van der Waals surface area (Å²) in [4.78, 5) is 15.4. The number of rotatable bonds is 4. The molecule has 0 saturated heterocycles. The zero-order chi connectivity index (χ0) is 13.1. The molecule has 2 aromatic rings. The minimum Gasteiger partial charge on any atom is -0.469 e. The smallest absolute Gasteiger partial charge is 0.311 e. The average molecular weight is 266 g/mol. The van der Waals surface area contributed by atoms with Crippen LogP contribution in [0.4, 0.5) is 10.9 Å². The van der Waals surface area contributed by atoms with E-state index < -0.39 is 0 Å². The van der Waals surface area contributed by atoms with Crippen molar-refractivity contribution in [3.8, 4) is 0 Å². The van der Waals surface area contributed by atoms with E-state index in [-0.39, 0.29) is 12.4 Å². The van der Waals surface area contributed by atoms with E-state index in [4.69, 9.17) is 0 Å². The van der Waals surface area contributed by atoms with E-state index >= 15 is 0 Å². The normalized spacial score (nSPS) is 10.4. The summed E-state index contributed by atoms with van der Waals surface area (Å²) in [6.07, 6.45) is 0.194. The Morgan fingerprint density at radius 1 is 1.61 bits per heavy atom. The Hall–Kier alpha value is -1.89. The summed E-state index contributed by atoms with van der Waals surface area (Å²) in [6.45, 7) is 1.93. The molecule has 0 aliphatic carbocycles. The van der Waals surface area contributed by atoms with Crippen LogP contribution in [-0.4, -0.2) is 27.8 Å². The fourth-order valence-electron chi connectivity index (χ4n) is 1.50. The molecule has 0 aromatic carbocycles. The fraction of sp³-hybridized carbons (Fsp3) is 0.364. The lowest BCUT2D eigenvalue weighted by atomic mass is 10.3. The molecule has 1 N–H and O–H groups in total. The molecule has 18 heavy (non-hydrogen) atoms. The van der Waals surface area contributed by atoms with Crippen LogP contribution >= 0.6 is 11.3 Å². The minimum absolute atomic E-state index is 0.194. The van der Waals surface area contributed by atoms with Gasteiger partial charge in [0.15, 0.2) is 5.13 Å². The average Bonchev–Trinajstić information content (AvgIpc) is 2.87. The van der Waals surface area contributed by atoms with Gasteiger partial charge in [-0.2, -0.15) is 5.10 Å². The standard InChI is InChI=1S/C11H14N4O2S/c1-7-4-9(15(2)14-7)13-11-12-8(6-18-11)5-10(16)17-3/h4,6H,5H2,1-3H3,(H,12,13). The molecule has 6 nitrogen and oxygen atoms in total. The van der Waals surface area contributed by atoms with E-state index in [2.05, 4.69) is 20.1 Å². The predicted octanol–water partition coefficient (Wildman–Crippen LogP) is 1.64. The molecular formula is C11H14N4O2S. The Bertz CT molecular complexity index is 561. The van der Waals surface area contributed by atoms with Crippen molar-refractivity contribution in [2.75, 3.05) is 12.4 Å². The van der Waals surface area contributed by atoms with Crippen LogP contribution in [0.2, 0.25) is 0 Å². The molecule has 0 saturated carbocycles. The van der Waals surface area contributed by atoms with Crippen molar-refractivity contribution in [2.45, 2.75) is 13.3 Å². The number of esters is 1. The van der Waals surface area contributed by atoms with Gasteiger partial charge in [-0.1, -0.05) is 0 Å². The lowest BCUT2D eigenvalue weighted by molar-refractivity contribution is -0.139. The summed E-state index contributed by atoms with van der Waals surface area (Å²) in [5.74, 6) is 0.578. The molecular weight excluding hydrogens is 252 g/mol. The quantitative estimate of drug-likeness (QED) is 0.852. The summed E-state index contributed by atoms with van der Waals surface area (Å²) >= 11 is 1.44. The summed E-state index contributed by atoms with van der Waals surface area (Å²) in [7, 11) is 3.23. The Labute approximate surface area is 109 Å². The number of aromatic nitrogens is 3. The second-order valence-electron chi connectivity index (χ2n) is 3.82. The number of nitrogens with zero attached hydrogens (tertiary/aromatic N) is 3. The van der Waals surface area contributed by atoms with Crippen molar-refractivity contribution >= 4 is 28.3 Å². The number of nitrogens with one attached hydrogen (secondary N) is 1. The van der Waals surface area contributed by atoms with Crippen molar-refractivity contribution in [1.82, 2.24) is 14.8 Å². The number of anilines is 2. The Balaban J connectivity index is 2.06. The molecule has 2 heterocycles. The van der Waals surface area contributed by atoms with E-state index in [1.807, 2.05) is 25.4 Å². The predicted molar refractivity (Wildman–Crippen MR) is 69.1 cm³/mol. The van der Waals surface area contributed by atoms with Gasteiger partial charge in [-0.3, -0.25) is 9.48 Å². The first-order chi connectivity index (χ1) is 8.58. The molecule has 0 fully saturated rings. The van der Waals surface area contributed by atoms with E-state index in [0.29, 0.717) is 5.69 Å². The summed E-state index contributed by atoms with van der Waals surface area (Å²) in [5, 5.41) is 9.96. The molecule has 0 aliphatic rings. The molecule has 0 spiro atoms. The maximum Gasteiger partial charge on any atom is 0.311 e. The molecule has 0 bridgehead atoms. The zero-order valence-electron chi connectivity index (χ0n) is 10.4. The lowest BCUT2D eigenvalue weighted by Gasteiger charge is -2.01. The fourth-order valence-corrected chi connectivity index (χ4v) is 2.22. The maximum atomic E-state index is 11.1. The first-order valence-electron chi connectivity index (χ1n) is 5.37. The Morgan fingerprint density at radius 2 is 2.39 bits per heavy atom. The van der Waals surface area contributed by atoms with Crippen LogP contribution in [0, 0.1) is 6.92 Å². The van der Waals surface area contributed by atoms with E-state index in [1.165, 1.54) is 18.4 Å². The first-order valence-corrected chi connectivity index (χ1v) is 6.25. The van der Waals surface area contributed by atoms with Gasteiger partial charge in [-0.25, -0.2) is 4.98 Å². The van der Waals surface area contributed by atoms with Crippen LogP contribution in [0.25, 0.3) is 0 Å². The van der Waals surface area contributed by atoms with Crippen molar-refractivity contribution < 1.29 is 9.53 Å². The molecule has 0 radical (unpaired) electrons. The minimum atomic E-state index is -0.289. The SMILES string of the molecule is COC(=O)Cc1csc(Nc2cc(C)nn2C)n1. The Morgan fingerprint density at radius 3 is 3.00 bits per heavy atom. The van der Waals surface area contributed by atoms with Gasteiger partial charge in [0, 0.05) is 18.5 Å². The van der Waals surface area contributed by atoms with E-state index in [9.17, 15) is 4.79 Å². The highest BCUT2D eigenvalue weighted by Crippen LogP contribution is 2.21. The van der Waals surface area contributed by atoms with Gasteiger partial charge in [0.1, 0.15) is 5.82 Å². The van der Waals surface area contributed by atoms with Crippen LogP contribution in [0.5, 0.6) is 0 Å². The van der Waals surface area contributed by atoms with E-state index in [0.717, 1.165) is 16.6 Å². The van der Waals surface area contributed by atoms with Crippen LogP contribution in [0.1, 0.15) is 11.4 Å². The third-order valence-corrected chi connectivity index (χ3v) is 3.15. The number of methoxy groups -OCH3 is 1. The van der Waals surface area contributed by atoms with Gasteiger partial charge in [-0.05, 0) is 6.92 Å². The third-order valence-electron chi connectivity index (χ3n) is 2.34. The molecule has 96 valence electrons. The molecule has 2 rings (SSSR count). The Kier molecular flexibility index (Phi) is 3.61. The summed E-state index contributed by atoms with van der Waals surface area (Å²) in [5.41, 5.74) is 1.64. The van der Waals surface area contributed by atoms with E-state index in [1.54, 1.807) is 4.68 Å². The van der Waals surface area contributed by atoms with Crippen molar-refractivity contribution in [2.24, 2.45) is 7.05 Å². The monoisotopic (exact) mass is 266 g/mol. The van der Waals surface area contributed by atoms with Crippen LogP contribution in [0.3, 0.4) is 0 Å². The number of hydrogen-bond donors (Lipinski definition) is 1. The van der Waals surface area contributed by atoms with Crippen LogP contribution in [-0.2, 0) is 23.0 Å². The van der Waals surface area contributed by atoms with Gasteiger partial charge in [0.25, 0.3) is 0 Å². The number of aryl methyl sites for hydroxylation is 2. The van der Waals surface area contributed by atoms with Gasteiger partial charge in [-0.15, -0.1) is 11.3 Å². The molecule has 0 unspecified atom stereocenters. The van der Waals surface area contributed by atoms with Crippen molar-refractivity contribution in [3.05, 3.63) is 22.8 Å². The maximum absolute atomic E-state index is 11.1. The number of carbonyl (C=O) groups excluding carboxylic acids is 1. The van der Waals surface area contributed by atoms with Crippen LogP contribution in [0.15, 0.2) is 11.4 Å². The molecule has 2 aromatic heterocycles. The number of ether oxygens (including phenoxy) is 1.